The quantitative estimate of drug-likeness (QED) is 0.0691. The Morgan fingerprint density at radius 3 is 2.62 bits per heavy atom. The van der Waals surface area contributed by atoms with E-state index in [9.17, 15) is 19.6 Å². The number of carbonyl (C=O) groups is 1. The van der Waals surface area contributed by atoms with Crippen LogP contribution >= 0.6 is 30.3 Å². The van der Waals surface area contributed by atoms with E-state index in [-0.39, 0.29) is 40.8 Å². The number of esters is 1. The summed E-state index contributed by atoms with van der Waals surface area (Å²) in [5, 5.41) is 27.2. The Hall–Kier alpha value is -3.12. The van der Waals surface area contributed by atoms with E-state index in [4.69, 9.17) is 29.0 Å². The number of aromatic nitrogens is 4. The van der Waals surface area contributed by atoms with Gasteiger partial charge in [0, 0.05) is 28.0 Å². The number of nitrogen functional groups attached to an aromatic ring is 1. The summed E-state index contributed by atoms with van der Waals surface area (Å²) in [4.78, 5) is 26.1. The fourth-order valence-corrected chi connectivity index (χ4v) is 8.09. The molecule has 6 rings (SSSR count). The molecular weight excluding hydrogens is 758 g/mol. The van der Waals surface area contributed by atoms with Gasteiger partial charge in [0.25, 0.3) is 0 Å². The molecule has 2 fully saturated rings. The number of nitrogens with two attached hydrogens (primary N) is 1. The maximum atomic E-state index is 14.7. The van der Waals surface area contributed by atoms with Crippen LogP contribution in [0.1, 0.15) is 46.3 Å². The van der Waals surface area contributed by atoms with Gasteiger partial charge in [0.1, 0.15) is 35.7 Å². The van der Waals surface area contributed by atoms with Crippen molar-refractivity contribution in [2.75, 3.05) is 19.5 Å². The van der Waals surface area contributed by atoms with Crippen LogP contribution in [-0.4, -0.2) is 79.4 Å². The van der Waals surface area contributed by atoms with Crippen molar-refractivity contribution in [2.24, 2.45) is 5.92 Å². The second-order valence-corrected chi connectivity index (χ2v) is 15.1. The Bertz CT molecular complexity index is 1860. The van der Waals surface area contributed by atoms with E-state index in [1.54, 1.807) is 26.0 Å². The monoisotopic (exact) mass is 796 g/mol. The molecule has 1 saturated carbocycles. The number of aliphatic hydroxyl groups is 2. The number of halogens is 1. The molecule has 48 heavy (non-hydrogen) atoms. The first-order valence-corrected chi connectivity index (χ1v) is 18.1. The number of rotatable bonds is 12. The summed E-state index contributed by atoms with van der Waals surface area (Å²) in [6.07, 6.45) is -1.66. The molecule has 258 valence electrons. The van der Waals surface area contributed by atoms with Crippen molar-refractivity contribution in [3.63, 3.8) is 0 Å². The molecule has 1 unspecified atom stereocenters. The van der Waals surface area contributed by atoms with E-state index in [1.807, 2.05) is 52.9 Å². The first-order chi connectivity index (χ1) is 22.8. The zero-order chi connectivity index (χ0) is 34.4. The molecule has 0 radical (unpaired) electrons. The zero-order valence-corrected chi connectivity index (χ0v) is 29.8. The van der Waals surface area contributed by atoms with Crippen molar-refractivity contribution in [2.45, 2.75) is 76.2 Å². The van der Waals surface area contributed by atoms with Gasteiger partial charge in [0.05, 0.1) is 13.7 Å². The van der Waals surface area contributed by atoms with Gasteiger partial charge in [-0.05, 0) is 43.6 Å². The lowest BCUT2D eigenvalue weighted by atomic mass is 9.96. The number of methoxy groups -OCH3 is 1. The van der Waals surface area contributed by atoms with E-state index in [2.05, 4.69) is 20.0 Å². The van der Waals surface area contributed by atoms with E-state index >= 15 is 0 Å². The number of imidazole rings is 1. The molecule has 1 aliphatic heterocycles. The summed E-state index contributed by atoms with van der Waals surface area (Å²) in [5.74, 6) is -0.642. The number of anilines is 1. The number of nitrogens with zero attached hydrogens (tertiary/aromatic N) is 4. The van der Waals surface area contributed by atoms with Gasteiger partial charge in [-0.1, -0.05) is 50.2 Å². The van der Waals surface area contributed by atoms with Crippen molar-refractivity contribution in [3.8, 4) is 11.6 Å². The molecule has 17 heteroatoms. The Balaban J connectivity index is 1.30. The molecule has 5 N–H and O–H groups in total. The van der Waals surface area contributed by atoms with Crippen LogP contribution in [0.15, 0.2) is 42.5 Å². The molecule has 15 nitrogen and oxygen atoms in total. The predicted octanol–water partition coefficient (Wildman–Crippen LogP) is 4.10. The lowest BCUT2D eigenvalue weighted by molar-refractivity contribution is -0.156. The number of hydrogen-bond acceptors (Lipinski definition) is 13. The standard InChI is InChI=1S/C31H38IN6O9P/c1-16(2)22(27(40)45-18-11-8-12-18)37-48(42,47-20-14-7-10-17-9-5-6-13-19(17)20)44-15-21-24(39)31(3,41)28(46-21)38-25-23(34-29(38)32)26(43-4)36-30(33)35-25/h5-7,9-10,13-14,16,18,21-22,24,28,39,41H,8,11-12,15H2,1-4H3,(H,37,42)(H2,33,35,36)/t21-,22+,24-,28-,31-,48?/m1/s1. The van der Waals surface area contributed by atoms with Gasteiger partial charge in [-0.3, -0.25) is 13.9 Å². The lowest BCUT2D eigenvalue weighted by Crippen LogP contribution is -2.45. The minimum Gasteiger partial charge on any atom is -0.479 e. The molecule has 1 saturated heterocycles. The fourth-order valence-electron chi connectivity index (χ4n) is 5.68. The van der Waals surface area contributed by atoms with Crippen LogP contribution in [0.5, 0.6) is 11.6 Å². The number of aliphatic hydroxyl groups excluding tert-OH is 1. The molecule has 2 aromatic heterocycles. The van der Waals surface area contributed by atoms with Gasteiger partial charge in [0.2, 0.25) is 11.8 Å². The Kier molecular flexibility index (Phi) is 9.88. The normalized spacial score (nSPS) is 24.8. The van der Waals surface area contributed by atoms with Crippen molar-refractivity contribution < 1.29 is 42.8 Å². The van der Waals surface area contributed by atoms with Crippen LogP contribution in [0.3, 0.4) is 0 Å². The molecule has 0 amide bonds. The minimum absolute atomic E-state index is 0.0943. The maximum absolute atomic E-state index is 14.7. The molecule has 0 bridgehead atoms. The summed E-state index contributed by atoms with van der Waals surface area (Å²) in [7, 11) is -3.00. The zero-order valence-electron chi connectivity index (χ0n) is 26.8. The van der Waals surface area contributed by atoms with E-state index < -0.39 is 50.4 Å². The summed E-state index contributed by atoms with van der Waals surface area (Å²) in [5.41, 5.74) is 4.48. The largest absolute Gasteiger partial charge is 0.479 e. The SMILES string of the molecule is COc1nc(N)nc2c1nc(I)n2[C@@H]1O[C@H](COP(=O)(N[C@H](C(=O)OC2CCC2)C(C)C)Oc2cccc3ccccc23)[C@@H](O)[C@@]1(C)O. The number of benzene rings is 2. The molecule has 2 aliphatic rings. The second-order valence-electron chi connectivity index (χ2n) is 12.4. The van der Waals surface area contributed by atoms with Gasteiger partial charge in [-0.2, -0.15) is 15.1 Å². The number of carbonyl (C=O) groups excluding carboxylic acids is 1. The summed E-state index contributed by atoms with van der Waals surface area (Å²) < 4.78 is 45.7. The third-order valence-electron chi connectivity index (χ3n) is 8.59. The third kappa shape index (κ3) is 6.71. The highest BCUT2D eigenvalue weighted by Crippen LogP contribution is 2.49. The lowest BCUT2D eigenvalue weighted by Gasteiger charge is -2.31. The van der Waals surface area contributed by atoms with Crippen LogP contribution < -0.4 is 20.1 Å². The average Bonchev–Trinajstić information content (AvgIpc) is 3.46. The smallest absolute Gasteiger partial charge is 0.459 e. The Morgan fingerprint density at radius 1 is 1.21 bits per heavy atom. The highest BCUT2D eigenvalue weighted by Gasteiger charge is 2.55. The predicted molar refractivity (Wildman–Crippen MR) is 183 cm³/mol. The second kappa shape index (κ2) is 13.7. The average molecular weight is 797 g/mol. The van der Waals surface area contributed by atoms with Crippen LogP contribution in [0.2, 0.25) is 0 Å². The molecule has 1 aliphatic carbocycles. The summed E-state index contributed by atoms with van der Waals surface area (Å²) in [6, 6.07) is 11.6. The topological polar surface area (TPSA) is 202 Å². The molecule has 0 spiro atoms. The van der Waals surface area contributed by atoms with Crippen LogP contribution in [0, 0.1) is 9.75 Å². The van der Waals surface area contributed by atoms with E-state index in [1.165, 1.54) is 18.6 Å². The highest BCUT2D eigenvalue weighted by atomic mass is 127. The maximum Gasteiger partial charge on any atom is 0.459 e. The van der Waals surface area contributed by atoms with Gasteiger partial charge < -0.3 is 34.7 Å². The molecule has 3 heterocycles. The van der Waals surface area contributed by atoms with E-state index in [0.717, 1.165) is 24.6 Å². The summed E-state index contributed by atoms with van der Waals surface area (Å²) in [6.45, 7) is 4.46. The summed E-state index contributed by atoms with van der Waals surface area (Å²) >= 11 is 1.94. The Labute approximate surface area is 290 Å². The highest BCUT2D eigenvalue weighted by molar-refractivity contribution is 14.1. The van der Waals surface area contributed by atoms with Gasteiger partial charge in [-0.25, -0.2) is 9.55 Å². The van der Waals surface area contributed by atoms with Crippen LogP contribution in [0.4, 0.5) is 5.95 Å². The molecule has 2 aromatic carbocycles. The number of fused-ring (bicyclic) bond motifs is 2. The van der Waals surface area contributed by atoms with Crippen LogP contribution in [-0.2, 0) is 23.4 Å². The number of ether oxygens (including phenoxy) is 3. The van der Waals surface area contributed by atoms with Gasteiger partial charge >= 0.3 is 13.7 Å². The van der Waals surface area contributed by atoms with E-state index in [0.29, 0.717) is 9.22 Å². The van der Waals surface area contributed by atoms with Crippen molar-refractivity contribution in [1.82, 2.24) is 24.6 Å². The van der Waals surface area contributed by atoms with Crippen LogP contribution in [0.25, 0.3) is 21.9 Å². The first-order valence-electron chi connectivity index (χ1n) is 15.5. The Morgan fingerprint density at radius 2 is 1.94 bits per heavy atom. The van der Waals surface area contributed by atoms with Crippen molar-refractivity contribution >= 4 is 64.2 Å². The molecule has 4 aromatic rings. The van der Waals surface area contributed by atoms with Crippen molar-refractivity contribution in [1.29, 1.82) is 0 Å². The molecule has 6 atom stereocenters. The van der Waals surface area contributed by atoms with Crippen molar-refractivity contribution in [3.05, 3.63) is 46.3 Å². The number of nitrogens with one attached hydrogen (secondary N) is 1. The molecular formula is C31H38IN6O9P. The van der Waals surface area contributed by atoms with Gasteiger partial charge in [0.15, 0.2) is 21.2 Å². The minimum atomic E-state index is -4.41. The van der Waals surface area contributed by atoms with Gasteiger partial charge in [-0.15, -0.1) is 0 Å². The number of hydrogen-bond donors (Lipinski definition) is 4. The first kappa shape index (κ1) is 34.7. The third-order valence-corrected chi connectivity index (χ3v) is 10.9. The fraction of sp³-hybridized carbons (Fsp3) is 0.484.